The van der Waals surface area contributed by atoms with E-state index in [4.69, 9.17) is 18.0 Å². The molecule has 0 radical (unpaired) electrons. The molecule has 0 amide bonds. The van der Waals surface area contributed by atoms with Crippen molar-refractivity contribution in [2.24, 2.45) is 5.73 Å². The lowest BCUT2D eigenvalue weighted by molar-refractivity contribution is 0.269. The molecular weight excluding hydrogens is 279 g/mol. The number of rotatable bonds is 4. The molecule has 2 nitrogen and oxygen atoms in total. The predicted molar refractivity (Wildman–Crippen MR) is 84.1 cm³/mol. The largest absolute Gasteiger partial charge is 0.389 e. The Hall–Kier alpha value is -0.650. The first-order valence-corrected chi connectivity index (χ1v) is 7.98. The highest BCUT2D eigenvalue weighted by molar-refractivity contribution is 8.00. The van der Waals surface area contributed by atoms with Crippen molar-refractivity contribution in [2.45, 2.75) is 25.1 Å². The van der Waals surface area contributed by atoms with Crippen molar-refractivity contribution >= 4 is 29.0 Å². The third-order valence-electron chi connectivity index (χ3n) is 3.41. The fraction of sp³-hybridized carbons (Fsp3) is 0.500. The van der Waals surface area contributed by atoms with Gasteiger partial charge in [-0.05, 0) is 12.5 Å². The lowest BCUT2D eigenvalue weighted by atomic mass is 10.1. The van der Waals surface area contributed by atoms with Gasteiger partial charge in [0.2, 0.25) is 0 Å². The summed E-state index contributed by atoms with van der Waals surface area (Å²) in [5, 5.41) is 0.674. The molecule has 1 aliphatic heterocycles. The van der Waals surface area contributed by atoms with E-state index in [1.54, 1.807) is 12.1 Å². The van der Waals surface area contributed by atoms with E-state index in [1.807, 2.05) is 11.8 Å². The molecule has 0 aliphatic carbocycles. The lowest BCUT2D eigenvalue weighted by Gasteiger charge is -2.31. The summed E-state index contributed by atoms with van der Waals surface area (Å²) in [7, 11) is 0. The van der Waals surface area contributed by atoms with E-state index >= 15 is 0 Å². The molecule has 2 N–H and O–H groups in total. The van der Waals surface area contributed by atoms with E-state index in [0.29, 0.717) is 17.4 Å². The minimum atomic E-state index is -0.212. The van der Waals surface area contributed by atoms with Gasteiger partial charge in [-0.15, -0.1) is 0 Å². The summed E-state index contributed by atoms with van der Waals surface area (Å²) in [4.78, 5) is 2.56. The van der Waals surface area contributed by atoms with Crippen LogP contribution in [0.15, 0.2) is 18.2 Å². The lowest BCUT2D eigenvalue weighted by Crippen LogP contribution is -2.37. The highest BCUT2D eigenvalue weighted by atomic mass is 32.2. The Morgan fingerprint density at radius 2 is 2.37 bits per heavy atom. The summed E-state index contributed by atoms with van der Waals surface area (Å²) in [6, 6.07) is 5.04. The van der Waals surface area contributed by atoms with Gasteiger partial charge < -0.3 is 5.73 Å². The maximum absolute atomic E-state index is 14.0. The van der Waals surface area contributed by atoms with Crippen LogP contribution < -0.4 is 5.73 Å². The Morgan fingerprint density at radius 3 is 3.00 bits per heavy atom. The van der Waals surface area contributed by atoms with Gasteiger partial charge in [0.05, 0.1) is 0 Å². The molecule has 0 bridgehead atoms. The van der Waals surface area contributed by atoms with Crippen LogP contribution in [-0.4, -0.2) is 34.0 Å². The average molecular weight is 298 g/mol. The number of nitrogens with two attached hydrogens (primary N) is 1. The summed E-state index contributed by atoms with van der Waals surface area (Å²) >= 11 is 6.87. The summed E-state index contributed by atoms with van der Waals surface area (Å²) in [5.41, 5.74) is 6.82. The molecule has 0 aromatic heterocycles. The fourth-order valence-corrected chi connectivity index (χ4v) is 3.62. The van der Waals surface area contributed by atoms with E-state index in [9.17, 15) is 4.39 Å². The molecule has 5 heteroatoms. The fourth-order valence-electron chi connectivity index (χ4n) is 2.24. The van der Waals surface area contributed by atoms with Crippen molar-refractivity contribution in [3.8, 4) is 0 Å². The highest BCUT2D eigenvalue weighted by Crippen LogP contribution is 2.23. The second kappa shape index (κ2) is 6.68. The van der Waals surface area contributed by atoms with Gasteiger partial charge >= 0.3 is 0 Å². The molecule has 19 heavy (non-hydrogen) atoms. The summed E-state index contributed by atoms with van der Waals surface area (Å²) < 4.78 is 14.0. The van der Waals surface area contributed by atoms with Gasteiger partial charge in [-0.25, -0.2) is 4.39 Å². The van der Waals surface area contributed by atoms with Gasteiger partial charge in [0.15, 0.2) is 0 Å². The van der Waals surface area contributed by atoms with Crippen LogP contribution in [0.25, 0.3) is 0 Å². The Morgan fingerprint density at radius 1 is 1.58 bits per heavy atom. The molecule has 1 heterocycles. The number of thiocarbonyl (C=S) groups is 1. The number of benzene rings is 1. The first-order chi connectivity index (χ1) is 9.10. The average Bonchev–Trinajstić information content (AvgIpc) is 2.41. The van der Waals surface area contributed by atoms with E-state index < -0.39 is 0 Å². The van der Waals surface area contributed by atoms with E-state index in [2.05, 4.69) is 11.8 Å². The van der Waals surface area contributed by atoms with Crippen molar-refractivity contribution in [3.63, 3.8) is 0 Å². The van der Waals surface area contributed by atoms with Gasteiger partial charge in [-0.2, -0.15) is 11.8 Å². The molecule has 1 aliphatic rings. The quantitative estimate of drug-likeness (QED) is 0.866. The molecule has 0 spiro atoms. The van der Waals surface area contributed by atoms with Gasteiger partial charge in [-0.3, -0.25) is 4.90 Å². The Balaban J connectivity index is 2.04. The van der Waals surface area contributed by atoms with Crippen LogP contribution in [0.5, 0.6) is 0 Å². The summed E-state index contributed by atoms with van der Waals surface area (Å²) in [6.45, 7) is 4.94. The van der Waals surface area contributed by atoms with Crippen molar-refractivity contribution in [3.05, 3.63) is 35.1 Å². The Kier molecular flexibility index (Phi) is 5.19. The molecule has 0 saturated carbocycles. The van der Waals surface area contributed by atoms with Crippen LogP contribution >= 0.6 is 24.0 Å². The molecular formula is C14H19FN2S2. The molecule has 1 fully saturated rings. The topological polar surface area (TPSA) is 29.3 Å². The zero-order valence-corrected chi connectivity index (χ0v) is 12.7. The summed E-state index contributed by atoms with van der Waals surface area (Å²) in [5.74, 6) is 0.919. The maximum Gasteiger partial charge on any atom is 0.128 e. The number of nitrogens with zero attached hydrogens (tertiary/aromatic N) is 1. The van der Waals surface area contributed by atoms with Crippen molar-refractivity contribution in [1.82, 2.24) is 4.90 Å². The van der Waals surface area contributed by atoms with Crippen LogP contribution in [0.3, 0.4) is 0 Å². The molecule has 104 valence electrons. The second-order valence-corrected chi connectivity index (χ2v) is 6.65. The first-order valence-electron chi connectivity index (χ1n) is 6.52. The standard InChI is InChI=1S/C14H19FN2S2/c1-2-12-9-17(5-6-19-12)8-11-4-3-10(14(16)18)7-13(11)15/h3-4,7,12H,2,5-6,8-9H2,1H3,(H2,16,18). The minimum absolute atomic E-state index is 0.212. The number of thioether (sulfide) groups is 1. The van der Waals surface area contributed by atoms with Crippen molar-refractivity contribution in [1.29, 1.82) is 0 Å². The zero-order valence-electron chi connectivity index (χ0n) is 11.1. The normalized spacial score (nSPS) is 20.4. The molecule has 1 saturated heterocycles. The van der Waals surface area contributed by atoms with Crippen LogP contribution in [0, 0.1) is 5.82 Å². The minimum Gasteiger partial charge on any atom is -0.389 e. The zero-order chi connectivity index (χ0) is 13.8. The van der Waals surface area contributed by atoms with Crippen molar-refractivity contribution in [2.75, 3.05) is 18.8 Å². The molecule has 1 aromatic rings. The molecule has 2 rings (SSSR count). The number of hydrogen-bond acceptors (Lipinski definition) is 3. The van der Waals surface area contributed by atoms with Crippen LogP contribution in [0.1, 0.15) is 24.5 Å². The third-order valence-corrected chi connectivity index (χ3v) is 5.02. The third kappa shape index (κ3) is 3.91. The Labute approximate surface area is 123 Å². The van der Waals surface area contributed by atoms with Crippen molar-refractivity contribution < 1.29 is 4.39 Å². The van der Waals surface area contributed by atoms with Gasteiger partial charge in [0.1, 0.15) is 10.8 Å². The monoisotopic (exact) mass is 298 g/mol. The summed E-state index contributed by atoms with van der Waals surface area (Å²) in [6.07, 6.45) is 1.17. The SMILES string of the molecule is CCC1CN(Cc2ccc(C(N)=S)cc2F)CCS1. The number of hydrogen-bond donors (Lipinski definition) is 1. The van der Waals surface area contributed by atoms with Gasteiger partial charge in [0, 0.05) is 41.8 Å². The Bertz CT molecular complexity index is 465. The van der Waals surface area contributed by atoms with Crippen LogP contribution in [0.4, 0.5) is 4.39 Å². The first kappa shape index (κ1) is 14.8. The molecule has 1 unspecified atom stereocenters. The molecule has 1 aromatic carbocycles. The van der Waals surface area contributed by atoms with E-state index in [0.717, 1.165) is 24.4 Å². The van der Waals surface area contributed by atoms with E-state index in [-0.39, 0.29) is 10.8 Å². The van der Waals surface area contributed by atoms with Gasteiger partial charge in [0.25, 0.3) is 0 Å². The molecule has 1 atom stereocenters. The smallest absolute Gasteiger partial charge is 0.128 e. The van der Waals surface area contributed by atoms with Crippen LogP contribution in [-0.2, 0) is 6.54 Å². The van der Waals surface area contributed by atoms with Crippen LogP contribution in [0.2, 0.25) is 0 Å². The predicted octanol–water partition coefficient (Wildman–Crippen LogP) is 2.79. The second-order valence-electron chi connectivity index (χ2n) is 4.81. The number of halogens is 1. The van der Waals surface area contributed by atoms with E-state index in [1.165, 1.54) is 12.5 Å². The highest BCUT2D eigenvalue weighted by Gasteiger charge is 2.19. The maximum atomic E-state index is 14.0. The van der Waals surface area contributed by atoms with Gasteiger partial charge in [-0.1, -0.05) is 31.3 Å².